The summed E-state index contributed by atoms with van der Waals surface area (Å²) in [6, 6.07) is 6.82. The molecule has 0 aliphatic heterocycles. The molecule has 0 aliphatic carbocycles. The smallest absolute Gasteiger partial charge is 0.331 e. The SMILES string of the molecule is Cc1cccnc1CS(=O)c1nc2ccc(C(F)(F)F)cc2[nH]1. The van der Waals surface area contributed by atoms with Crippen molar-refractivity contribution in [2.24, 2.45) is 0 Å². The van der Waals surface area contributed by atoms with E-state index < -0.39 is 22.5 Å². The Hall–Kier alpha value is -2.22. The molecule has 120 valence electrons. The number of fused-ring (bicyclic) bond motifs is 1. The number of nitrogens with zero attached hydrogens (tertiary/aromatic N) is 2. The minimum atomic E-state index is -4.43. The number of aromatic nitrogens is 3. The topological polar surface area (TPSA) is 58.6 Å². The number of alkyl halides is 3. The largest absolute Gasteiger partial charge is 0.416 e. The third-order valence-electron chi connectivity index (χ3n) is 3.39. The van der Waals surface area contributed by atoms with Crippen LogP contribution in [0.15, 0.2) is 41.7 Å². The Balaban J connectivity index is 1.91. The summed E-state index contributed by atoms with van der Waals surface area (Å²) < 4.78 is 50.5. The van der Waals surface area contributed by atoms with Crippen LogP contribution in [-0.4, -0.2) is 19.2 Å². The molecule has 2 aromatic heterocycles. The molecule has 3 aromatic rings. The normalized spacial score (nSPS) is 13.4. The standard InChI is InChI=1S/C15H12F3N3OS/c1-9-3-2-6-19-13(9)8-23(22)14-20-11-5-4-10(15(16,17)18)7-12(11)21-14/h2-7H,8H2,1H3,(H,20,21). The number of halogens is 3. The second kappa shape index (κ2) is 5.77. The molecule has 1 N–H and O–H groups in total. The zero-order chi connectivity index (χ0) is 16.6. The number of hydrogen-bond donors (Lipinski definition) is 1. The molecule has 0 saturated heterocycles. The Morgan fingerprint density at radius 1 is 1.26 bits per heavy atom. The molecule has 0 fully saturated rings. The second-order valence-electron chi connectivity index (χ2n) is 5.03. The Bertz CT molecular complexity index is 889. The number of imidazole rings is 1. The lowest BCUT2D eigenvalue weighted by Gasteiger charge is -2.05. The van der Waals surface area contributed by atoms with Gasteiger partial charge in [0, 0.05) is 6.20 Å². The van der Waals surface area contributed by atoms with E-state index in [0.717, 1.165) is 17.7 Å². The lowest BCUT2D eigenvalue weighted by molar-refractivity contribution is -0.137. The first-order chi connectivity index (χ1) is 10.8. The van der Waals surface area contributed by atoms with Gasteiger partial charge < -0.3 is 4.98 Å². The third-order valence-corrected chi connectivity index (χ3v) is 4.55. The van der Waals surface area contributed by atoms with Gasteiger partial charge in [0.15, 0.2) is 5.16 Å². The van der Waals surface area contributed by atoms with Crippen LogP contribution in [0.3, 0.4) is 0 Å². The van der Waals surface area contributed by atoms with E-state index >= 15 is 0 Å². The molecule has 8 heteroatoms. The van der Waals surface area contributed by atoms with E-state index in [2.05, 4.69) is 15.0 Å². The zero-order valence-electron chi connectivity index (χ0n) is 12.0. The number of hydrogen-bond acceptors (Lipinski definition) is 3. The highest BCUT2D eigenvalue weighted by atomic mass is 32.2. The number of pyridine rings is 1. The predicted molar refractivity (Wildman–Crippen MR) is 80.2 cm³/mol. The van der Waals surface area contributed by atoms with Crippen molar-refractivity contribution >= 4 is 21.8 Å². The quantitative estimate of drug-likeness (QED) is 0.793. The molecule has 0 saturated carbocycles. The van der Waals surface area contributed by atoms with E-state index in [4.69, 9.17) is 0 Å². The lowest BCUT2D eigenvalue weighted by Crippen LogP contribution is -2.04. The molecular weight excluding hydrogens is 327 g/mol. The van der Waals surface area contributed by atoms with Gasteiger partial charge in [-0.2, -0.15) is 13.2 Å². The third kappa shape index (κ3) is 3.26. The van der Waals surface area contributed by atoms with Crippen LogP contribution < -0.4 is 0 Å². The molecule has 1 unspecified atom stereocenters. The van der Waals surface area contributed by atoms with Gasteiger partial charge >= 0.3 is 6.18 Å². The minimum absolute atomic E-state index is 0.143. The zero-order valence-corrected chi connectivity index (χ0v) is 12.8. The first-order valence-corrected chi connectivity index (χ1v) is 8.02. The van der Waals surface area contributed by atoms with Crippen LogP contribution in [0.25, 0.3) is 11.0 Å². The van der Waals surface area contributed by atoms with Crippen molar-refractivity contribution in [1.29, 1.82) is 0 Å². The molecule has 0 spiro atoms. The van der Waals surface area contributed by atoms with Gasteiger partial charge in [-0.15, -0.1) is 0 Å². The highest BCUT2D eigenvalue weighted by Gasteiger charge is 2.30. The second-order valence-corrected chi connectivity index (χ2v) is 6.39. The number of rotatable bonds is 3. The molecule has 1 atom stereocenters. The minimum Gasteiger partial charge on any atom is -0.331 e. The van der Waals surface area contributed by atoms with Gasteiger partial charge in [-0.1, -0.05) is 6.07 Å². The van der Waals surface area contributed by atoms with Gasteiger partial charge in [0.05, 0.1) is 38.8 Å². The average Bonchev–Trinajstić information content (AvgIpc) is 2.92. The van der Waals surface area contributed by atoms with Crippen LogP contribution >= 0.6 is 0 Å². The summed E-state index contributed by atoms with van der Waals surface area (Å²) in [5, 5.41) is 0.143. The number of aromatic amines is 1. The molecule has 1 aromatic carbocycles. The van der Waals surface area contributed by atoms with Crippen molar-refractivity contribution in [2.45, 2.75) is 24.0 Å². The molecule has 2 heterocycles. The highest BCUT2D eigenvalue weighted by Crippen LogP contribution is 2.31. The molecule has 0 bridgehead atoms. The fraction of sp³-hybridized carbons (Fsp3) is 0.200. The van der Waals surface area contributed by atoms with Crippen LogP contribution in [0.2, 0.25) is 0 Å². The van der Waals surface area contributed by atoms with Gasteiger partial charge in [0.25, 0.3) is 0 Å². The van der Waals surface area contributed by atoms with E-state index in [1.165, 1.54) is 6.07 Å². The predicted octanol–water partition coefficient (Wildman–Crippen LogP) is 3.59. The van der Waals surface area contributed by atoms with E-state index in [1.807, 2.05) is 13.0 Å². The van der Waals surface area contributed by atoms with Crippen molar-refractivity contribution in [3.05, 3.63) is 53.3 Å². The van der Waals surface area contributed by atoms with Crippen molar-refractivity contribution < 1.29 is 17.4 Å². The van der Waals surface area contributed by atoms with E-state index in [9.17, 15) is 17.4 Å². The Kier molecular flexibility index (Phi) is 3.93. The Morgan fingerprint density at radius 3 is 2.74 bits per heavy atom. The number of benzene rings is 1. The van der Waals surface area contributed by atoms with Crippen molar-refractivity contribution in [3.8, 4) is 0 Å². The van der Waals surface area contributed by atoms with Gasteiger partial charge in [0.2, 0.25) is 0 Å². The van der Waals surface area contributed by atoms with Gasteiger partial charge in [0.1, 0.15) is 0 Å². The van der Waals surface area contributed by atoms with Crippen LogP contribution in [-0.2, 0) is 22.7 Å². The van der Waals surface area contributed by atoms with Crippen molar-refractivity contribution in [2.75, 3.05) is 0 Å². The first-order valence-electron chi connectivity index (χ1n) is 6.70. The monoisotopic (exact) mass is 339 g/mol. The molecule has 0 radical (unpaired) electrons. The molecule has 4 nitrogen and oxygen atoms in total. The number of aryl methyl sites for hydroxylation is 1. The average molecular weight is 339 g/mol. The van der Waals surface area contributed by atoms with Crippen LogP contribution in [0.5, 0.6) is 0 Å². The Labute approximate surface area is 132 Å². The highest BCUT2D eigenvalue weighted by molar-refractivity contribution is 7.84. The van der Waals surface area contributed by atoms with E-state index in [-0.39, 0.29) is 16.4 Å². The summed E-state index contributed by atoms with van der Waals surface area (Å²) in [4.78, 5) is 11.0. The van der Waals surface area contributed by atoms with Gasteiger partial charge in [-0.05, 0) is 36.8 Å². The van der Waals surface area contributed by atoms with Gasteiger partial charge in [-0.25, -0.2) is 4.98 Å². The number of H-pyrrole nitrogens is 1. The van der Waals surface area contributed by atoms with Crippen molar-refractivity contribution in [3.63, 3.8) is 0 Å². The maximum atomic E-state index is 12.7. The lowest BCUT2D eigenvalue weighted by atomic mass is 10.2. The molecule has 0 aliphatic rings. The van der Waals surface area contributed by atoms with E-state index in [0.29, 0.717) is 11.2 Å². The van der Waals surface area contributed by atoms with Crippen LogP contribution in [0, 0.1) is 6.92 Å². The first kappa shape index (κ1) is 15.7. The summed E-state index contributed by atoms with van der Waals surface area (Å²) in [7, 11) is -1.52. The molecule has 3 rings (SSSR count). The van der Waals surface area contributed by atoms with Crippen LogP contribution in [0.1, 0.15) is 16.8 Å². The molecular formula is C15H12F3N3OS. The molecule has 0 amide bonds. The Morgan fingerprint density at radius 2 is 2.04 bits per heavy atom. The maximum Gasteiger partial charge on any atom is 0.416 e. The van der Waals surface area contributed by atoms with E-state index in [1.54, 1.807) is 12.3 Å². The fourth-order valence-corrected chi connectivity index (χ4v) is 3.24. The van der Waals surface area contributed by atoms with Crippen LogP contribution in [0.4, 0.5) is 13.2 Å². The summed E-state index contributed by atoms with van der Waals surface area (Å²) in [5.74, 6) is 0.151. The summed E-state index contributed by atoms with van der Waals surface area (Å²) >= 11 is 0. The number of nitrogens with one attached hydrogen (secondary N) is 1. The summed E-state index contributed by atoms with van der Waals surface area (Å²) in [6.45, 7) is 1.85. The van der Waals surface area contributed by atoms with Crippen molar-refractivity contribution in [1.82, 2.24) is 15.0 Å². The van der Waals surface area contributed by atoms with Gasteiger partial charge in [-0.3, -0.25) is 9.19 Å². The summed E-state index contributed by atoms with van der Waals surface area (Å²) in [5.41, 5.74) is 1.35. The molecule has 23 heavy (non-hydrogen) atoms. The fourth-order valence-electron chi connectivity index (χ4n) is 2.13. The maximum absolute atomic E-state index is 12.7. The summed E-state index contributed by atoms with van der Waals surface area (Å²) in [6.07, 6.45) is -2.82.